The van der Waals surface area contributed by atoms with Crippen LogP contribution < -0.4 is 0 Å². The van der Waals surface area contributed by atoms with Gasteiger partial charge in [-0.15, -0.1) is 0 Å². The van der Waals surface area contributed by atoms with Crippen molar-refractivity contribution in [3.05, 3.63) is 12.2 Å². The van der Waals surface area contributed by atoms with Crippen LogP contribution in [0.25, 0.3) is 0 Å². The molecule has 0 aromatic rings. The second-order valence-corrected chi connectivity index (χ2v) is 3.53. The number of ether oxygens (including phenoxy) is 1. The summed E-state index contributed by atoms with van der Waals surface area (Å²) in [6.45, 7) is 10.3. The Bertz CT molecular complexity index is 201. The molecule has 0 saturated heterocycles. The molecule has 0 amide bonds. The first-order valence-electron chi connectivity index (χ1n) is 5.09. The molecule has 0 aromatic heterocycles. The first-order chi connectivity index (χ1) is 6.52. The number of hydrogen-bond donors (Lipinski definition) is 0. The van der Waals surface area contributed by atoms with Gasteiger partial charge in [0.05, 0.1) is 0 Å². The third kappa shape index (κ3) is 4.42. The maximum atomic E-state index is 11.3. The molecule has 0 rings (SSSR count). The molecular weight excluding hydrogens is 178 g/mol. The van der Waals surface area contributed by atoms with Crippen molar-refractivity contribution >= 4 is 5.97 Å². The minimum Gasteiger partial charge on any atom is -0.443 e. The highest BCUT2D eigenvalue weighted by Crippen LogP contribution is 2.07. The Labute approximate surface area is 86.7 Å². The molecule has 82 valence electrons. The Morgan fingerprint density at radius 2 is 2.07 bits per heavy atom. The molecule has 0 bridgehead atoms. The predicted octanol–water partition coefficient (Wildman–Crippen LogP) is 2.18. The van der Waals surface area contributed by atoms with Gasteiger partial charge in [0.15, 0.2) is 6.23 Å². The van der Waals surface area contributed by atoms with E-state index in [-0.39, 0.29) is 12.2 Å². The largest absolute Gasteiger partial charge is 0.443 e. The van der Waals surface area contributed by atoms with E-state index in [2.05, 4.69) is 13.5 Å². The van der Waals surface area contributed by atoms with Crippen LogP contribution in [0.3, 0.4) is 0 Å². The molecule has 1 atom stereocenters. The first-order valence-corrected chi connectivity index (χ1v) is 5.09. The minimum atomic E-state index is -0.306. The SMILES string of the molecule is C=C(C)C(=O)OC(CC)N(C)CCC. The molecule has 0 fully saturated rings. The van der Waals surface area contributed by atoms with Crippen molar-refractivity contribution in [3.8, 4) is 0 Å². The number of hydrogen-bond acceptors (Lipinski definition) is 3. The normalized spacial score (nSPS) is 12.6. The van der Waals surface area contributed by atoms with Crippen LogP contribution in [0.4, 0.5) is 0 Å². The van der Waals surface area contributed by atoms with E-state index in [1.54, 1.807) is 6.92 Å². The van der Waals surface area contributed by atoms with E-state index in [9.17, 15) is 4.79 Å². The van der Waals surface area contributed by atoms with Gasteiger partial charge in [0, 0.05) is 12.1 Å². The molecule has 0 aliphatic carbocycles. The third-order valence-electron chi connectivity index (χ3n) is 2.01. The summed E-state index contributed by atoms with van der Waals surface area (Å²) in [6.07, 6.45) is 1.73. The van der Waals surface area contributed by atoms with Crippen LogP contribution in [0.15, 0.2) is 12.2 Å². The summed E-state index contributed by atoms with van der Waals surface area (Å²) >= 11 is 0. The molecule has 0 heterocycles. The molecule has 0 N–H and O–H groups in total. The van der Waals surface area contributed by atoms with Crippen molar-refractivity contribution in [1.82, 2.24) is 4.90 Å². The van der Waals surface area contributed by atoms with Crippen molar-refractivity contribution < 1.29 is 9.53 Å². The fourth-order valence-electron chi connectivity index (χ4n) is 1.21. The van der Waals surface area contributed by atoms with Gasteiger partial charge >= 0.3 is 5.97 Å². The summed E-state index contributed by atoms with van der Waals surface area (Å²) in [5.41, 5.74) is 0.452. The van der Waals surface area contributed by atoms with Crippen LogP contribution in [0.2, 0.25) is 0 Å². The number of carbonyl (C=O) groups is 1. The van der Waals surface area contributed by atoms with Gasteiger partial charge in [-0.2, -0.15) is 0 Å². The summed E-state index contributed by atoms with van der Waals surface area (Å²) in [6, 6.07) is 0. The molecule has 1 unspecified atom stereocenters. The zero-order valence-corrected chi connectivity index (χ0v) is 9.67. The number of carbonyl (C=O) groups excluding carboxylic acids is 1. The first kappa shape index (κ1) is 13.2. The lowest BCUT2D eigenvalue weighted by atomic mass is 10.3. The Balaban J connectivity index is 4.14. The van der Waals surface area contributed by atoms with Crippen molar-refractivity contribution in [2.75, 3.05) is 13.6 Å². The Hall–Kier alpha value is -0.830. The highest BCUT2D eigenvalue weighted by Gasteiger charge is 2.16. The summed E-state index contributed by atoms with van der Waals surface area (Å²) in [7, 11) is 1.96. The summed E-state index contributed by atoms with van der Waals surface area (Å²) in [5.74, 6) is -0.306. The van der Waals surface area contributed by atoms with E-state index in [1.165, 1.54) is 0 Å². The van der Waals surface area contributed by atoms with Gasteiger partial charge in [-0.25, -0.2) is 4.79 Å². The molecule has 0 radical (unpaired) electrons. The minimum absolute atomic E-state index is 0.126. The van der Waals surface area contributed by atoms with Crippen molar-refractivity contribution in [2.24, 2.45) is 0 Å². The highest BCUT2D eigenvalue weighted by molar-refractivity contribution is 5.87. The van der Waals surface area contributed by atoms with Gasteiger partial charge in [-0.05, 0) is 26.8 Å². The number of nitrogens with zero attached hydrogens (tertiary/aromatic N) is 1. The van der Waals surface area contributed by atoms with Crippen LogP contribution in [-0.2, 0) is 9.53 Å². The average molecular weight is 199 g/mol. The van der Waals surface area contributed by atoms with Crippen molar-refractivity contribution in [1.29, 1.82) is 0 Å². The molecule has 0 saturated carbocycles. The summed E-state index contributed by atoms with van der Waals surface area (Å²) in [4.78, 5) is 13.3. The lowest BCUT2D eigenvalue weighted by Gasteiger charge is -2.26. The van der Waals surface area contributed by atoms with Gasteiger partial charge in [-0.3, -0.25) is 4.90 Å². The topological polar surface area (TPSA) is 29.5 Å². The van der Waals surface area contributed by atoms with Gasteiger partial charge in [0.1, 0.15) is 0 Å². The molecule has 14 heavy (non-hydrogen) atoms. The number of esters is 1. The summed E-state index contributed by atoms with van der Waals surface area (Å²) in [5, 5.41) is 0. The molecule has 0 aliphatic rings. The second-order valence-electron chi connectivity index (χ2n) is 3.53. The average Bonchev–Trinajstić information content (AvgIpc) is 2.13. The van der Waals surface area contributed by atoms with Gasteiger partial charge in [-0.1, -0.05) is 20.4 Å². The van der Waals surface area contributed by atoms with Crippen LogP contribution in [0.1, 0.15) is 33.6 Å². The van der Waals surface area contributed by atoms with E-state index >= 15 is 0 Å². The fourth-order valence-corrected chi connectivity index (χ4v) is 1.21. The zero-order valence-electron chi connectivity index (χ0n) is 9.67. The van der Waals surface area contributed by atoms with Crippen LogP contribution in [0.5, 0.6) is 0 Å². The van der Waals surface area contributed by atoms with E-state index in [1.807, 2.05) is 18.9 Å². The monoisotopic (exact) mass is 199 g/mol. The van der Waals surface area contributed by atoms with Crippen molar-refractivity contribution in [2.45, 2.75) is 39.8 Å². The Kier molecular flexibility index (Phi) is 6.21. The standard InChI is InChI=1S/C11H21NO2/c1-6-8-12(5)10(7-2)14-11(13)9(3)4/h10H,3,6-8H2,1-2,4-5H3. The fraction of sp³-hybridized carbons (Fsp3) is 0.727. The van der Waals surface area contributed by atoms with Crippen LogP contribution in [-0.4, -0.2) is 30.7 Å². The molecule has 0 spiro atoms. The zero-order chi connectivity index (χ0) is 11.1. The lowest BCUT2D eigenvalue weighted by molar-refractivity contribution is -0.153. The molecule has 0 aliphatic heterocycles. The maximum Gasteiger partial charge on any atom is 0.334 e. The molecule has 3 nitrogen and oxygen atoms in total. The second kappa shape index (κ2) is 6.60. The van der Waals surface area contributed by atoms with E-state index < -0.39 is 0 Å². The van der Waals surface area contributed by atoms with E-state index in [4.69, 9.17) is 4.74 Å². The Morgan fingerprint density at radius 3 is 2.43 bits per heavy atom. The number of rotatable bonds is 6. The maximum absolute atomic E-state index is 11.3. The van der Waals surface area contributed by atoms with Gasteiger partial charge < -0.3 is 4.74 Å². The van der Waals surface area contributed by atoms with Crippen LogP contribution in [0, 0.1) is 0 Å². The lowest BCUT2D eigenvalue weighted by Crippen LogP contribution is -2.36. The van der Waals surface area contributed by atoms with Crippen molar-refractivity contribution in [3.63, 3.8) is 0 Å². The predicted molar refractivity (Wildman–Crippen MR) is 57.9 cm³/mol. The van der Waals surface area contributed by atoms with Crippen LogP contribution >= 0.6 is 0 Å². The Morgan fingerprint density at radius 1 is 1.50 bits per heavy atom. The third-order valence-corrected chi connectivity index (χ3v) is 2.01. The van der Waals surface area contributed by atoms with Gasteiger partial charge in [0.25, 0.3) is 0 Å². The molecular formula is C11H21NO2. The smallest absolute Gasteiger partial charge is 0.334 e. The van der Waals surface area contributed by atoms with E-state index in [0.717, 1.165) is 19.4 Å². The summed E-state index contributed by atoms with van der Waals surface area (Å²) < 4.78 is 5.26. The highest BCUT2D eigenvalue weighted by atomic mass is 16.6. The molecule has 0 aromatic carbocycles. The quantitative estimate of drug-likeness (QED) is 0.373. The molecule has 3 heteroatoms. The van der Waals surface area contributed by atoms with Gasteiger partial charge in [0.2, 0.25) is 0 Å². The van der Waals surface area contributed by atoms with E-state index in [0.29, 0.717) is 5.57 Å².